The van der Waals surface area contributed by atoms with Crippen molar-refractivity contribution >= 4 is 10.0 Å². The van der Waals surface area contributed by atoms with Crippen molar-refractivity contribution in [3.63, 3.8) is 0 Å². The van der Waals surface area contributed by atoms with Gasteiger partial charge in [-0.15, -0.1) is 0 Å². The van der Waals surface area contributed by atoms with Gasteiger partial charge in [-0.3, -0.25) is 4.68 Å². The van der Waals surface area contributed by atoms with Gasteiger partial charge >= 0.3 is 6.18 Å². The first-order valence-electron chi connectivity index (χ1n) is 8.91. The number of alkyl halides is 3. The highest BCUT2D eigenvalue weighted by atomic mass is 32.2. The molecule has 1 aromatic carbocycles. The highest BCUT2D eigenvalue weighted by Crippen LogP contribution is 2.37. The molecule has 0 spiro atoms. The highest BCUT2D eigenvalue weighted by molar-refractivity contribution is 7.89. The maximum absolute atomic E-state index is 13.3. The summed E-state index contributed by atoms with van der Waals surface area (Å²) >= 11 is 0. The van der Waals surface area contributed by atoms with Crippen LogP contribution < -0.4 is 4.74 Å². The third-order valence-corrected chi connectivity index (χ3v) is 6.84. The van der Waals surface area contributed by atoms with Gasteiger partial charge < -0.3 is 4.74 Å². The highest BCUT2D eigenvalue weighted by Gasteiger charge is 2.39. The summed E-state index contributed by atoms with van der Waals surface area (Å²) in [5, 5.41) is 3.55. The Morgan fingerprint density at radius 2 is 1.82 bits per heavy atom. The van der Waals surface area contributed by atoms with Crippen LogP contribution in [0.15, 0.2) is 35.2 Å². The summed E-state index contributed by atoms with van der Waals surface area (Å²) in [7, 11) is -1.00. The molecule has 3 rings (SSSR count). The smallest absolute Gasteiger partial charge is 0.435 e. The fraction of sp³-hybridized carbons (Fsp3) is 0.500. The van der Waals surface area contributed by atoms with Crippen molar-refractivity contribution in [3.8, 4) is 5.75 Å². The molecule has 0 radical (unpaired) electrons. The predicted octanol–water partition coefficient (Wildman–Crippen LogP) is 3.75. The lowest BCUT2D eigenvalue weighted by atomic mass is 10.1. The number of benzene rings is 1. The Balaban J connectivity index is 2.02. The fourth-order valence-electron chi connectivity index (χ4n) is 3.48. The van der Waals surface area contributed by atoms with Gasteiger partial charge in [0.05, 0.1) is 23.7 Å². The molecule has 0 bridgehead atoms. The number of hydrogen-bond donors (Lipinski definition) is 0. The minimum atomic E-state index is -4.58. The van der Waals surface area contributed by atoms with Gasteiger partial charge in [-0.25, -0.2) is 8.42 Å². The Morgan fingerprint density at radius 3 is 2.39 bits per heavy atom. The quantitative estimate of drug-likeness (QED) is 0.760. The van der Waals surface area contributed by atoms with Crippen molar-refractivity contribution in [1.82, 2.24) is 14.1 Å². The molecule has 154 valence electrons. The molecule has 1 aliphatic rings. The minimum absolute atomic E-state index is 0.0819. The molecular formula is C18H22F3N3O3S. The molecule has 1 fully saturated rings. The summed E-state index contributed by atoms with van der Waals surface area (Å²) in [6.45, 7) is 0.242. The molecular weight excluding hydrogens is 395 g/mol. The van der Waals surface area contributed by atoms with Gasteiger partial charge in [-0.05, 0) is 43.2 Å². The Bertz CT molecular complexity index is 924. The molecule has 6 nitrogen and oxygen atoms in total. The van der Waals surface area contributed by atoms with Crippen LogP contribution in [0.3, 0.4) is 0 Å². The Morgan fingerprint density at radius 1 is 1.14 bits per heavy atom. The first kappa shape index (κ1) is 20.7. The van der Waals surface area contributed by atoms with E-state index in [2.05, 4.69) is 5.10 Å². The maximum Gasteiger partial charge on any atom is 0.435 e. The van der Waals surface area contributed by atoms with Crippen molar-refractivity contribution < 1.29 is 26.3 Å². The molecule has 1 unspecified atom stereocenters. The number of hydrogen-bond acceptors (Lipinski definition) is 4. The van der Waals surface area contributed by atoms with Gasteiger partial charge in [-0.2, -0.15) is 22.6 Å². The first-order valence-corrected chi connectivity index (χ1v) is 10.4. The normalized spacial score (nSPS) is 19.4. The van der Waals surface area contributed by atoms with Gasteiger partial charge in [0.2, 0.25) is 10.0 Å². The molecule has 1 aliphatic heterocycles. The van der Waals surface area contributed by atoms with Crippen LogP contribution in [-0.4, -0.2) is 36.2 Å². The lowest BCUT2D eigenvalue weighted by molar-refractivity contribution is -0.141. The van der Waals surface area contributed by atoms with E-state index in [0.717, 1.165) is 23.6 Å². The lowest BCUT2D eigenvalue weighted by Gasteiger charge is -2.29. The summed E-state index contributed by atoms with van der Waals surface area (Å²) in [5.74, 6) is 0.521. The predicted molar refractivity (Wildman–Crippen MR) is 96.3 cm³/mol. The summed E-state index contributed by atoms with van der Waals surface area (Å²) in [4.78, 5) is 0.0819. The van der Waals surface area contributed by atoms with E-state index >= 15 is 0 Å². The summed E-state index contributed by atoms with van der Waals surface area (Å²) in [6.07, 6.45) is -1.95. The molecule has 0 saturated carbocycles. The van der Waals surface area contributed by atoms with Crippen LogP contribution in [0, 0.1) is 0 Å². The number of nitrogens with zero attached hydrogens (tertiary/aromatic N) is 3. The molecule has 1 saturated heterocycles. The molecule has 1 atom stereocenters. The van der Waals surface area contributed by atoms with Gasteiger partial charge in [0, 0.05) is 13.6 Å². The zero-order chi connectivity index (χ0) is 20.5. The van der Waals surface area contributed by atoms with Crippen LogP contribution in [0.1, 0.15) is 43.1 Å². The number of rotatable bonds is 4. The van der Waals surface area contributed by atoms with E-state index in [0.29, 0.717) is 18.6 Å². The molecule has 0 aliphatic carbocycles. The van der Waals surface area contributed by atoms with Crippen molar-refractivity contribution in [2.45, 2.75) is 42.8 Å². The second-order valence-corrected chi connectivity index (χ2v) is 8.62. The zero-order valence-corrected chi connectivity index (χ0v) is 16.4. The molecule has 10 heteroatoms. The van der Waals surface area contributed by atoms with Crippen LogP contribution in [0.25, 0.3) is 0 Å². The van der Waals surface area contributed by atoms with Gasteiger partial charge in [-0.1, -0.05) is 12.8 Å². The Hall–Kier alpha value is -2.07. The number of halogens is 3. The van der Waals surface area contributed by atoms with Crippen LogP contribution in [0.4, 0.5) is 13.2 Å². The number of ether oxygens (including phenoxy) is 1. The molecule has 2 aromatic rings. The number of sulfonamides is 1. The van der Waals surface area contributed by atoms with Gasteiger partial charge in [0.25, 0.3) is 0 Å². The van der Waals surface area contributed by atoms with Crippen LogP contribution >= 0.6 is 0 Å². The standard InChI is InChI=1S/C18H22F3N3O3S/c1-23-16(12-17(22-23)18(19,20)21)15-6-4-3-5-11-24(15)28(25,26)14-9-7-13(27-2)8-10-14/h7-10,12,15H,3-6,11H2,1-2H3. The summed E-state index contributed by atoms with van der Waals surface area (Å²) in [5.41, 5.74) is -0.776. The van der Waals surface area contributed by atoms with Crippen LogP contribution in [-0.2, 0) is 23.2 Å². The van der Waals surface area contributed by atoms with E-state index in [1.165, 1.54) is 30.6 Å². The second-order valence-electron chi connectivity index (χ2n) is 6.73. The molecule has 0 N–H and O–H groups in total. The third-order valence-electron chi connectivity index (χ3n) is 4.92. The minimum Gasteiger partial charge on any atom is -0.497 e. The number of methoxy groups -OCH3 is 1. The monoisotopic (exact) mass is 417 g/mol. The van der Waals surface area contributed by atoms with Crippen molar-refractivity contribution in [2.75, 3.05) is 13.7 Å². The van der Waals surface area contributed by atoms with Crippen molar-refractivity contribution in [1.29, 1.82) is 0 Å². The van der Waals surface area contributed by atoms with E-state index in [4.69, 9.17) is 4.74 Å². The van der Waals surface area contributed by atoms with E-state index in [9.17, 15) is 21.6 Å². The number of aromatic nitrogens is 2. The average Bonchev–Trinajstić information content (AvgIpc) is 2.88. The zero-order valence-electron chi connectivity index (χ0n) is 15.6. The summed E-state index contributed by atoms with van der Waals surface area (Å²) < 4.78 is 73.3. The summed E-state index contributed by atoms with van der Waals surface area (Å²) in [6, 6.07) is 6.23. The van der Waals surface area contributed by atoms with E-state index in [1.807, 2.05) is 0 Å². The second kappa shape index (κ2) is 7.75. The van der Waals surface area contributed by atoms with Crippen molar-refractivity contribution in [3.05, 3.63) is 41.7 Å². The van der Waals surface area contributed by atoms with Crippen molar-refractivity contribution in [2.24, 2.45) is 7.05 Å². The topological polar surface area (TPSA) is 64.4 Å². The Kier molecular flexibility index (Phi) is 5.72. The molecule has 1 aromatic heterocycles. The van der Waals surface area contributed by atoms with Crippen LogP contribution in [0.5, 0.6) is 5.75 Å². The average molecular weight is 417 g/mol. The molecule has 0 amide bonds. The third kappa shape index (κ3) is 4.02. The lowest BCUT2D eigenvalue weighted by Crippen LogP contribution is -2.35. The van der Waals surface area contributed by atoms with E-state index < -0.39 is 27.9 Å². The first-order chi connectivity index (χ1) is 13.1. The van der Waals surface area contributed by atoms with E-state index in [-0.39, 0.29) is 17.1 Å². The maximum atomic E-state index is 13.3. The molecule has 2 heterocycles. The number of aryl methyl sites for hydroxylation is 1. The molecule has 28 heavy (non-hydrogen) atoms. The van der Waals surface area contributed by atoms with E-state index in [1.54, 1.807) is 12.1 Å². The fourth-order valence-corrected chi connectivity index (χ4v) is 5.15. The Labute approximate surface area is 162 Å². The largest absolute Gasteiger partial charge is 0.497 e. The van der Waals surface area contributed by atoms with Gasteiger partial charge in [0.15, 0.2) is 5.69 Å². The van der Waals surface area contributed by atoms with Crippen LogP contribution in [0.2, 0.25) is 0 Å². The van der Waals surface area contributed by atoms with Gasteiger partial charge in [0.1, 0.15) is 5.75 Å². The SMILES string of the molecule is COc1ccc(S(=O)(=O)N2CCCCCC2c2cc(C(F)(F)F)nn2C)cc1.